The first kappa shape index (κ1) is 16.3. The molecule has 0 bridgehead atoms. The van der Waals surface area contributed by atoms with Gasteiger partial charge in [-0.2, -0.15) is 5.26 Å². The molecule has 22 heavy (non-hydrogen) atoms. The number of carbonyl (C=O) groups is 1. The average Bonchev–Trinajstić information content (AvgIpc) is 2.51. The summed E-state index contributed by atoms with van der Waals surface area (Å²) in [5, 5.41) is 8.85. The summed E-state index contributed by atoms with van der Waals surface area (Å²) in [5.41, 5.74) is 5.89. The number of amides is 1. The lowest BCUT2D eigenvalue weighted by molar-refractivity contribution is -0.119. The zero-order valence-corrected chi connectivity index (χ0v) is 12.8. The van der Waals surface area contributed by atoms with Crippen LogP contribution in [0.2, 0.25) is 0 Å². The molecule has 0 unspecified atom stereocenters. The van der Waals surface area contributed by atoms with Gasteiger partial charge in [0, 0.05) is 19.5 Å². The van der Waals surface area contributed by atoms with Gasteiger partial charge in [-0.3, -0.25) is 4.79 Å². The van der Waals surface area contributed by atoms with Crippen LogP contribution in [-0.4, -0.2) is 37.0 Å². The molecule has 0 aromatic heterocycles. The minimum absolute atomic E-state index is 0.201. The van der Waals surface area contributed by atoms with Gasteiger partial charge >= 0.3 is 0 Å². The van der Waals surface area contributed by atoms with Crippen LogP contribution in [0.3, 0.4) is 0 Å². The van der Waals surface area contributed by atoms with E-state index in [0.29, 0.717) is 24.5 Å². The van der Waals surface area contributed by atoms with Crippen LogP contribution in [0.4, 0.5) is 0 Å². The Balaban J connectivity index is 1.67. The molecule has 1 atom stereocenters. The van der Waals surface area contributed by atoms with Gasteiger partial charge in [0.2, 0.25) is 5.91 Å². The number of hydrogen-bond acceptors (Lipinski definition) is 4. The molecule has 5 nitrogen and oxygen atoms in total. The lowest BCUT2D eigenvalue weighted by atomic mass is 9.94. The first-order valence-corrected chi connectivity index (χ1v) is 7.81. The molecule has 0 aliphatic carbocycles. The molecule has 1 aromatic rings. The van der Waals surface area contributed by atoms with E-state index in [9.17, 15) is 4.79 Å². The summed E-state index contributed by atoms with van der Waals surface area (Å²) in [5.74, 6) is 0.941. The monoisotopic (exact) mass is 301 g/mol. The van der Waals surface area contributed by atoms with Crippen molar-refractivity contribution in [3.63, 3.8) is 0 Å². The number of hydrogen-bond donors (Lipinski definition) is 1. The van der Waals surface area contributed by atoms with Gasteiger partial charge in [0.05, 0.1) is 18.2 Å². The zero-order chi connectivity index (χ0) is 15.8. The van der Waals surface area contributed by atoms with Crippen LogP contribution in [0, 0.1) is 17.2 Å². The molecule has 0 spiro atoms. The molecular formula is C17H23N3O2. The predicted molar refractivity (Wildman–Crippen MR) is 84.2 cm³/mol. The molecule has 0 saturated carbocycles. The van der Waals surface area contributed by atoms with Gasteiger partial charge in [0.1, 0.15) is 5.75 Å². The molecule has 2 N–H and O–H groups in total. The van der Waals surface area contributed by atoms with E-state index >= 15 is 0 Å². The summed E-state index contributed by atoms with van der Waals surface area (Å²) in [7, 11) is 0. The summed E-state index contributed by atoms with van der Waals surface area (Å²) in [6, 6.07) is 9.31. The molecule has 1 saturated heterocycles. The lowest BCUT2D eigenvalue weighted by Gasteiger charge is -2.32. The van der Waals surface area contributed by atoms with Crippen LogP contribution in [0.15, 0.2) is 24.3 Å². The van der Waals surface area contributed by atoms with E-state index in [1.807, 2.05) is 12.1 Å². The van der Waals surface area contributed by atoms with Crippen LogP contribution < -0.4 is 10.5 Å². The number of nitrogens with two attached hydrogens (primary N) is 1. The fraction of sp³-hybridized carbons (Fsp3) is 0.529. The van der Waals surface area contributed by atoms with Gasteiger partial charge in [0.15, 0.2) is 0 Å². The molecule has 0 radical (unpaired) electrons. The van der Waals surface area contributed by atoms with Crippen LogP contribution >= 0.6 is 0 Å². The van der Waals surface area contributed by atoms with Crippen molar-refractivity contribution in [2.45, 2.75) is 25.7 Å². The molecule has 1 amide bonds. The second kappa shape index (κ2) is 8.40. The van der Waals surface area contributed by atoms with Crippen molar-refractivity contribution < 1.29 is 9.53 Å². The van der Waals surface area contributed by atoms with Crippen molar-refractivity contribution >= 4 is 5.91 Å². The summed E-state index contributed by atoms with van der Waals surface area (Å²) < 4.78 is 5.68. The van der Waals surface area contributed by atoms with Crippen molar-refractivity contribution in [2.75, 3.05) is 26.2 Å². The van der Waals surface area contributed by atoms with E-state index in [2.05, 4.69) is 11.0 Å². The number of nitrogens with zero attached hydrogens (tertiary/aromatic N) is 2. The normalized spacial score (nSPS) is 18.6. The highest BCUT2D eigenvalue weighted by molar-refractivity contribution is 5.74. The fourth-order valence-electron chi connectivity index (χ4n) is 2.94. The highest BCUT2D eigenvalue weighted by Gasteiger charge is 2.20. The number of ether oxygens (including phenoxy) is 1. The molecule has 5 heteroatoms. The van der Waals surface area contributed by atoms with Gasteiger partial charge < -0.3 is 15.4 Å². The van der Waals surface area contributed by atoms with Gasteiger partial charge in [-0.1, -0.05) is 6.07 Å². The van der Waals surface area contributed by atoms with Gasteiger partial charge in [0.25, 0.3) is 0 Å². The van der Waals surface area contributed by atoms with Crippen molar-refractivity contribution in [1.29, 1.82) is 5.26 Å². The number of carbonyl (C=O) groups excluding carboxylic acids is 1. The van der Waals surface area contributed by atoms with Crippen LogP contribution in [-0.2, 0) is 4.79 Å². The summed E-state index contributed by atoms with van der Waals surface area (Å²) >= 11 is 0. The SMILES string of the molecule is N#Cc1cccc(OCCCN2CCC[C@@H](CC(N)=O)C2)c1. The highest BCUT2D eigenvalue weighted by atomic mass is 16.5. The lowest BCUT2D eigenvalue weighted by Crippen LogP contribution is -2.38. The van der Waals surface area contributed by atoms with Gasteiger partial charge in [-0.15, -0.1) is 0 Å². The van der Waals surface area contributed by atoms with E-state index in [0.717, 1.165) is 44.6 Å². The number of nitriles is 1. The zero-order valence-electron chi connectivity index (χ0n) is 12.8. The quantitative estimate of drug-likeness (QED) is 0.780. The second-order valence-electron chi connectivity index (χ2n) is 5.82. The number of benzene rings is 1. The molecule has 1 aromatic carbocycles. The van der Waals surface area contributed by atoms with E-state index in [1.165, 1.54) is 0 Å². The minimum atomic E-state index is -0.201. The molecule has 1 aliphatic heterocycles. The topological polar surface area (TPSA) is 79.3 Å². The Hall–Kier alpha value is -2.06. The summed E-state index contributed by atoms with van der Waals surface area (Å²) in [6.45, 7) is 3.63. The largest absolute Gasteiger partial charge is 0.494 e. The predicted octanol–water partition coefficient (Wildman–Crippen LogP) is 1.91. The molecule has 1 fully saturated rings. The number of rotatable bonds is 7. The van der Waals surface area contributed by atoms with Crippen molar-refractivity contribution in [3.8, 4) is 11.8 Å². The molecule has 118 valence electrons. The third-order valence-corrected chi connectivity index (χ3v) is 3.94. The Morgan fingerprint density at radius 3 is 3.14 bits per heavy atom. The Morgan fingerprint density at radius 2 is 2.36 bits per heavy atom. The molecule has 2 rings (SSSR count). The number of likely N-dealkylation sites (tertiary alicyclic amines) is 1. The molecular weight excluding hydrogens is 278 g/mol. The second-order valence-corrected chi connectivity index (χ2v) is 5.82. The first-order valence-electron chi connectivity index (χ1n) is 7.81. The maximum atomic E-state index is 11.0. The van der Waals surface area contributed by atoms with Crippen LogP contribution in [0.25, 0.3) is 0 Å². The smallest absolute Gasteiger partial charge is 0.217 e. The van der Waals surface area contributed by atoms with Crippen LogP contribution in [0.5, 0.6) is 5.75 Å². The number of primary amides is 1. The van der Waals surface area contributed by atoms with E-state index < -0.39 is 0 Å². The molecule has 1 heterocycles. The third-order valence-electron chi connectivity index (χ3n) is 3.94. The van der Waals surface area contributed by atoms with Crippen molar-refractivity contribution in [3.05, 3.63) is 29.8 Å². The summed E-state index contributed by atoms with van der Waals surface area (Å²) in [6.07, 6.45) is 3.65. The molecule has 1 aliphatic rings. The Bertz CT molecular complexity index is 539. The van der Waals surface area contributed by atoms with E-state index in [1.54, 1.807) is 12.1 Å². The minimum Gasteiger partial charge on any atom is -0.494 e. The van der Waals surface area contributed by atoms with Gasteiger partial charge in [-0.05, 0) is 49.9 Å². The number of piperidine rings is 1. The Kier molecular flexibility index (Phi) is 6.23. The standard InChI is InChI=1S/C17H23N3O2/c18-12-14-4-1-6-16(10-14)22-9-3-8-20-7-2-5-15(13-20)11-17(19)21/h1,4,6,10,15H,2-3,5,7-9,11,13H2,(H2,19,21)/t15-/m0/s1. The summed E-state index contributed by atoms with van der Waals surface area (Å²) in [4.78, 5) is 13.4. The van der Waals surface area contributed by atoms with E-state index in [4.69, 9.17) is 15.7 Å². The van der Waals surface area contributed by atoms with Crippen LogP contribution in [0.1, 0.15) is 31.2 Å². The maximum absolute atomic E-state index is 11.0. The fourth-order valence-corrected chi connectivity index (χ4v) is 2.94. The van der Waals surface area contributed by atoms with Crippen molar-refractivity contribution in [2.24, 2.45) is 11.7 Å². The Labute approximate surface area is 131 Å². The van der Waals surface area contributed by atoms with E-state index in [-0.39, 0.29) is 5.91 Å². The average molecular weight is 301 g/mol. The Morgan fingerprint density at radius 1 is 1.50 bits per heavy atom. The first-order chi connectivity index (χ1) is 10.7. The highest BCUT2D eigenvalue weighted by Crippen LogP contribution is 2.19. The third kappa shape index (κ3) is 5.38. The van der Waals surface area contributed by atoms with Gasteiger partial charge in [-0.25, -0.2) is 0 Å². The van der Waals surface area contributed by atoms with Crippen molar-refractivity contribution in [1.82, 2.24) is 4.90 Å². The maximum Gasteiger partial charge on any atom is 0.217 e.